The Labute approximate surface area is 212 Å². The number of fused-ring (bicyclic) bond motifs is 1. The van der Waals surface area contributed by atoms with Gasteiger partial charge in [-0.2, -0.15) is 4.98 Å². The number of nitrogens with one attached hydrogen (secondary N) is 2. The average molecular weight is 497 g/mol. The van der Waals surface area contributed by atoms with Crippen LogP contribution in [-0.4, -0.2) is 31.6 Å². The molecule has 186 valence electrons. The molecule has 2 atom stereocenters. The average Bonchev–Trinajstić information content (AvgIpc) is 3.23. The molecule has 3 heterocycles. The van der Waals surface area contributed by atoms with Crippen molar-refractivity contribution in [3.8, 4) is 11.4 Å². The van der Waals surface area contributed by atoms with Crippen molar-refractivity contribution in [2.45, 2.75) is 39.3 Å². The van der Waals surface area contributed by atoms with Crippen LogP contribution in [0.2, 0.25) is 0 Å². The molecule has 5 aromatic rings. The zero-order valence-electron chi connectivity index (χ0n) is 20.6. The highest BCUT2D eigenvalue weighted by Gasteiger charge is 2.43. The number of aryl methyl sites for hydroxylation is 3. The van der Waals surface area contributed by atoms with Crippen molar-refractivity contribution in [3.05, 3.63) is 89.2 Å². The van der Waals surface area contributed by atoms with E-state index >= 15 is 0 Å². The predicted molar refractivity (Wildman–Crippen MR) is 139 cm³/mol. The minimum Gasteiger partial charge on any atom is -0.355 e. The molecule has 0 aliphatic heterocycles. The van der Waals surface area contributed by atoms with Crippen LogP contribution in [0.1, 0.15) is 45.4 Å². The number of hydrogen-bond donors (Lipinski definition) is 2. The Morgan fingerprint density at radius 1 is 1.05 bits per heavy atom. The van der Waals surface area contributed by atoms with E-state index in [-0.39, 0.29) is 11.8 Å². The summed E-state index contributed by atoms with van der Waals surface area (Å²) in [6.07, 6.45) is 2.88. The lowest BCUT2D eigenvalue weighted by Gasteiger charge is -2.11. The van der Waals surface area contributed by atoms with Crippen LogP contribution in [0.4, 0.5) is 21.5 Å². The van der Waals surface area contributed by atoms with Gasteiger partial charge in [0.1, 0.15) is 17.5 Å². The molecule has 0 saturated heterocycles. The van der Waals surface area contributed by atoms with Crippen molar-refractivity contribution in [1.82, 2.24) is 19.5 Å². The Kier molecular flexibility index (Phi) is 5.48. The molecule has 1 amide bonds. The number of hydrogen-bond acceptors (Lipinski definition) is 6. The van der Waals surface area contributed by atoms with E-state index in [4.69, 9.17) is 4.52 Å². The highest BCUT2D eigenvalue weighted by atomic mass is 19.1. The first kappa shape index (κ1) is 22.9. The summed E-state index contributed by atoms with van der Waals surface area (Å²) in [5, 5.41) is 10.4. The largest absolute Gasteiger partial charge is 0.355 e. The monoisotopic (exact) mass is 496 g/mol. The van der Waals surface area contributed by atoms with Gasteiger partial charge in [0.15, 0.2) is 0 Å². The molecule has 1 fully saturated rings. The van der Waals surface area contributed by atoms with Crippen LogP contribution >= 0.6 is 0 Å². The first-order chi connectivity index (χ1) is 17.8. The smallest absolute Gasteiger partial charge is 0.274 e. The second-order valence-corrected chi connectivity index (χ2v) is 9.59. The van der Waals surface area contributed by atoms with E-state index < -0.39 is 6.17 Å². The van der Waals surface area contributed by atoms with Crippen LogP contribution in [0, 0.1) is 20.8 Å². The standard InChI is InChI=1S/C28H25FN6O2/c1-15-8-16(2)10-20(9-15)31-19-6-7-35-24(14-30-25(35)12-19)27(36)32-23-11-18(5-4-17(23)3)26-33-28(37-34-26)21-13-22(21)29/h4-12,14,21-22,31H,13H2,1-3H3,(H,32,36)/t21-,22-/m0/s1. The molecule has 0 radical (unpaired) electrons. The molecule has 1 saturated carbocycles. The van der Waals surface area contributed by atoms with E-state index in [0.29, 0.717) is 40.7 Å². The normalized spacial score (nSPS) is 16.6. The minimum atomic E-state index is -0.912. The minimum absolute atomic E-state index is 0.296. The van der Waals surface area contributed by atoms with E-state index in [1.165, 1.54) is 11.1 Å². The highest BCUT2D eigenvalue weighted by molar-refractivity contribution is 6.04. The molecular formula is C28H25FN6O2. The predicted octanol–water partition coefficient (Wildman–Crippen LogP) is 6.13. The lowest BCUT2D eigenvalue weighted by Crippen LogP contribution is -2.15. The van der Waals surface area contributed by atoms with Gasteiger partial charge in [0.25, 0.3) is 5.91 Å². The summed E-state index contributed by atoms with van der Waals surface area (Å²) in [5.74, 6) is 0.0708. The summed E-state index contributed by atoms with van der Waals surface area (Å²) in [6, 6.07) is 15.6. The maximum absolute atomic E-state index is 13.3. The highest BCUT2D eigenvalue weighted by Crippen LogP contribution is 2.43. The van der Waals surface area contributed by atoms with E-state index in [1.807, 2.05) is 37.4 Å². The lowest BCUT2D eigenvalue weighted by atomic mass is 10.1. The Balaban J connectivity index is 1.22. The van der Waals surface area contributed by atoms with Crippen molar-refractivity contribution in [3.63, 3.8) is 0 Å². The SMILES string of the molecule is Cc1cc(C)cc(Nc2ccn3c(C(=O)Nc4cc(-c5noc([C@H]6C[C@@H]6F)n5)ccc4C)cnc3c2)c1. The second-order valence-electron chi connectivity index (χ2n) is 9.59. The van der Waals surface area contributed by atoms with Crippen molar-refractivity contribution in [2.75, 3.05) is 10.6 Å². The number of anilines is 3. The maximum atomic E-state index is 13.3. The van der Waals surface area contributed by atoms with Gasteiger partial charge in [-0.05, 0) is 68.1 Å². The van der Waals surface area contributed by atoms with E-state index in [2.05, 4.69) is 57.8 Å². The number of aromatic nitrogens is 4. The van der Waals surface area contributed by atoms with Gasteiger partial charge in [-0.15, -0.1) is 0 Å². The number of rotatable bonds is 6. The van der Waals surface area contributed by atoms with Gasteiger partial charge < -0.3 is 15.2 Å². The molecule has 37 heavy (non-hydrogen) atoms. The zero-order valence-corrected chi connectivity index (χ0v) is 20.6. The summed E-state index contributed by atoms with van der Waals surface area (Å²) < 4.78 is 20.3. The third-order valence-electron chi connectivity index (χ3n) is 6.47. The fourth-order valence-electron chi connectivity index (χ4n) is 4.44. The van der Waals surface area contributed by atoms with Gasteiger partial charge in [-0.1, -0.05) is 23.4 Å². The summed E-state index contributed by atoms with van der Waals surface area (Å²) in [4.78, 5) is 22.0. The molecule has 9 heteroatoms. The van der Waals surface area contributed by atoms with Crippen LogP contribution in [0.25, 0.3) is 17.0 Å². The molecular weight excluding hydrogens is 471 g/mol. The molecule has 8 nitrogen and oxygen atoms in total. The van der Waals surface area contributed by atoms with Crippen molar-refractivity contribution in [1.29, 1.82) is 0 Å². The van der Waals surface area contributed by atoms with Gasteiger partial charge in [0.05, 0.1) is 12.1 Å². The van der Waals surface area contributed by atoms with Gasteiger partial charge in [-0.3, -0.25) is 9.20 Å². The molecule has 2 N–H and O–H groups in total. The molecule has 6 rings (SSSR count). The van der Waals surface area contributed by atoms with Crippen LogP contribution < -0.4 is 10.6 Å². The van der Waals surface area contributed by atoms with Gasteiger partial charge in [-0.25, -0.2) is 9.37 Å². The van der Waals surface area contributed by atoms with Crippen molar-refractivity contribution >= 4 is 28.6 Å². The molecule has 2 aromatic carbocycles. The number of carbonyl (C=O) groups excluding carboxylic acids is 1. The number of amides is 1. The summed E-state index contributed by atoms with van der Waals surface area (Å²) in [6.45, 7) is 6.03. The van der Waals surface area contributed by atoms with Crippen LogP contribution in [0.5, 0.6) is 0 Å². The van der Waals surface area contributed by atoms with Gasteiger partial charge in [0, 0.05) is 34.9 Å². The van der Waals surface area contributed by atoms with Crippen molar-refractivity contribution in [2.24, 2.45) is 0 Å². The van der Waals surface area contributed by atoms with Crippen LogP contribution in [0.3, 0.4) is 0 Å². The number of alkyl halides is 1. The van der Waals surface area contributed by atoms with Crippen LogP contribution in [-0.2, 0) is 0 Å². The van der Waals surface area contributed by atoms with E-state index in [9.17, 15) is 9.18 Å². The fourth-order valence-corrected chi connectivity index (χ4v) is 4.44. The Morgan fingerprint density at radius 2 is 1.84 bits per heavy atom. The number of carbonyl (C=O) groups is 1. The molecule has 0 unspecified atom stereocenters. The maximum Gasteiger partial charge on any atom is 0.274 e. The molecule has 0 spiro atoms. The molecule has 1 aliphatic rings. The summed E-state index contributed by atoms with van der Waals surface area (Å²) in [7, 11) is 0. The van der Waals surface area contributed by atoms with Gasteiger partial charge >= 0.3 is 0 Å². The number of imidazole rings is 1. The number of nitrogens with zero attached hydrogens (tertiary/aromatic N) is 4. The third-order valence-corrected chi connectivity index (χ3v) is 6.47. The first-order valence-electron chi connectivity index (χ1n) is 12.1. The number of pyridine rings is 1. The Hall–Kier alpha value is -4.53. The Bertz CT molecular complexity index is 1640. The molecule has 0 bridgehead atoms. The topological polar surface area (TPSA) is 97.3 Å². The fraction of sp³-hybridized carbons (Fsp3) is 0.214. The second kappa shape index (κ2) is 8.85. The molecule has 1 aliphatic carbocycles. The zero-order chi connectivity index (χ0) is 25.7. The van der Waals surface area contributed by atoms with Crippen molar-refractivity contribution < 1.29 is 13.7 Å². The Morgan fingerprint density at radius 3 is 2.59 bits per heavy atom. The number of halogens is 1. The molecule has 3 aromatic heterocycles. The van der Waals surface area contributed by atoms with E-state index in [0.717, 1.165) is 16.9 Å². The lowest BCUT2D eigenvalue weighted by molar-refractivity contribution is 0.102. The number of benzene rings is 2. The first-order valence-corrected chi connectivity index (χ1v) is 12.1. The summed E-state index contributed by atoms with van der Waals surface area (Å²) >= 11 is 0. The van der Waals surface area contributed by atoms with Crippen LogP contribution in [0.15, 0.2) is 65.4 Å². The summed E-state index contributed by atoms with van der Waals surface area (Å²) in [5.41, 5.74) is 7.45. The quantitative estimate of drug-likeness (QED) is 0.293. The third kappa shape index (κ3) is 4.55. The van der Waals surface area contributed by atoms with Gasteiger partial charge in [0.2, 0.25) is 11.7 Å². The van der Waals surface area contributed by atoms with E-state index in [1.54, 1.807) is 16.7 Å².